The smallest absolute Gasteiger partial charge is 0.293 e. The number of thioether (sulfide) groups is 1. The second-order valence-electron chi connectivity index (χ2n) is 5.96. The van der Waals surface area contributed by atoms with Gasteiger partial charge in [-0.2, -0.15) is 0 Å². The van der Waals surface area contributed by atoms with Gasteiger partial charge in [-0.25, -0.2) is 0 Å². The number of amides is 2. The molecule has 6 nitrogen and oxygen atoms in total. The molecule has 144 valence electrons. The number of hydrogen-bond acceptors (Lipinski definition) is 6. The van der Waals surface area contributed by atoms with E-state index in [1.54, 1.807) is 36.4 Å². The molecule has 0 atom stereocenters. The lowest BCUT2D eigenvalue weighted by Crippen LogP contribution is -2.27. The van der Waals surface area contributed by atoms with Gasteiger partial charge in [0.15, 0.2) is 11.5 Å². The summed E-state index contributed by atoms with van der Waals surface area (Å²) >= 11 is 12.8. The van der Waals surface area contributed by atoms with Crippen molar-refractivity contribution in [1.82, 2.24) is 4.90 Å². The first-order chi connectivity index (χ1) is 13.5. The fourth-order valence-corrected chi connectivity index (χ4v) is 3.98. The molecule has 0 saturated carbocycles. The van der Waals surface area contributed by atoms with Crippen LogP contribution < -0.4 is 14.2 Å². The maximum absolute atomic E-state index is 12.8. The minimum atomic E-state index is -0.388. The summed E-state index contributed by atoms with van der Waals surface area (Å²) in [6, 6.07) is 8.40. The van der Waals surface area contributed by atoms with Crippen LogP contribution in [0.1, 0.15) is 11.1 Å². The Labute approximate surface area is 174 Å². The van der Waals surface area contributed by atoms with Crippen LogP contribution in [0.2, 0.25) is 10.0 Å². The molecule has 2 amide bonds. The van der Waals surface area contributed by atoms with Gasteiger partial charge in [0.2, 0.25) is 6.79 Å². The number of halogens is 2. The molecule has 0 N–H and O–H groups in total. The van der Waals surface area contributed by atoms with Crippen molar-refractivity contribution in [2.75, 3.05) is 13.9 Å². The largest absolute Gasteiger partial charge is 0.496 e. The van der Waals surface area contributed by atoms with Crippen LogP contribution in [0.4, 0.5) is 4.79 Å². The second-order valence-corrected chi connectivity index (χ2v) is 7.77. The minimum absolute atomic E-state index is 0.108. The summed E-state index contributed by atoms with van der Waals surface area (Å²) in [5.41, 5.74) is 1.32. The van der Waals surface area contributed by atoms with Crippen LogP contribution in [0.3, 0.4) is 0 Å². The van der Waals surface area contributed by atoms with Crippen molar-refractivity contribution in [3.05, 3.63) is 56.4 Å². The van der Waals surface area contributed by atoms with E-state index < -0.39 is 0 Å². The SMILES string of the molecule is COc1cc2c(cc1/C=C1\SC(=O)N(Cc3ccc(Cl)c(Cl)c3)C1=O)OCO2. The van der Waals surface area contributed by atoms with Crippen LogP contribution in [0.25, 0.3) is 6.08 Å². The molecule has 2 aromatic carbocycles. The summed E-state index contributed by atoms with van der Waals surface area (Å²) < 4.78 is 16.1. The van der Waals surface area contributed by atoms with Gasteiger partial charge in [0, 0.05) is 11.6 Å². The van der Waals surface area contributed by atoms with Crippen molar-refractivity contribution in [2.24, 2.45) is 0 Å². The lowest BCUT2D eigenvalue weighted by Gasteiger charge is -2.13. The molecule has 2 aliphatic rings. The minimum Gasteiger partial charge on any atom is -0.496 e. The molecule has 9 heteroatoms. The Bertz CT molecular complexity index is 1020. The van der Waals surface area contributed by atoms with Gasteiger partial charge in [0.05, 0.1) is 28.6 Å². The van der Waals surface area contributed by atoms with E-state index in [0.29, 0.717) is 43.3 Å². The van der Waals surface area contributed by atoms with Gasteiger partial charge in [-0.05, 0) is 41.6 Å². The number of methoxy groups -OCH3 is 1. The number of carbonyl (C=O) groups excluding carboxylic acids is 2. The zero-order chi connectivity index (χ0) is 19.8. The topological polar surface area (TPSA) is 65.1 Å². The van der Waals surface area contributed by atoms with E-state index in [4.69, 9.17) is 37.4 Å². The van der Waals surface area contributed by atoms with Gasteiger partial charge in [0.25, 0.3) is 11.1 Å². The highest BCUT2D eigenvalue weighted by Gasteiger charge is 2.35. The predicted molar refractivity (Wildman–Crippen MR) is 107 cm³/mol. The molecule has 0 unspecified atom stereocenters. The van der Waals surface area contributed by atoms with E-state index in [1.165, 1.54) is 7.11 Å². The molecule has 1 saturated heterocycles. The third kappa shape index (κ3) is 3.53. The van der Waals surface area contributed by atoms with Gasteiger partial charge in [0.1, 0.15) is 5.75 Å². The lowest BCUT2D eigenvalue weighted by atomic mass is 10.1. The Morgan fingerprint density at radius 2 is 1.89 bits per heavy atom. The summed E-state index contributed by atoms with van der Waals surface area (Å²) in [5.74, 6) is 1.25. The van der Waals surface area contributed by atoms with E-state index in [0.717, 1.165) is 16.7 Å². The van der Waals surface area contributed by atoms with Crippen LogP contribution in [-0.4, -0.2) is 29.9 Å². The average molecular weight is 438 g/mol. The van der Waals surface area contributed by atoms with Gasteiger partial charge in [-0.15, -0.1) is 0 Å². The maximum atomic E-state index is 12.8. The van der Waals surface area contributed by atoms with Crippen molar-refractivity contribution < 1.29 is 23.8 Å². The van der Waals surface area contributed by atoms with Gasteiger partial charge in [-0.1, -0.05) is 29.3 Å². The van der Waals surface area contributed by atoms with Gasteiger partial charge < -0.3 is 14.2 Å². The molecule has 2 aliphatic heterocycles. The van der Waals surface area contributed by atoms with Crippen LogP contribution in [0.5, 0.6) is 17.2 Å². The summed E-state index contributed by atoms with van der Waals surface area (Å²) in [4.78, 5) is 26.6. The van der Waals surface area contributed by atoms with E-state index in [1.807, 2.05) is 0 Å². The standard InChI is InChI=1S/C19H13Cl2NO5S/c1-25-14-7-16-15(26-9-27-16)5-11(14)6-17-18(23)22(19(24)28-17)8-10-2-3-12(20)13(21)4-10/h2-7H,8-9H2,1H3/b17-6-. The summed E-state index contributed by atoms with van der Waals surface area (Å²) in [6.45, 7) is 0.235. The Balaban J connectivity index is 1.61. The molecule has 28 heavy (non-hydrogen) atoms. The number of rotatable bonds is 4. The summed E-state index contributed by atoms with van der Waals surface area (Å²) in [5, 5.41) is 0.420. The Kier molecular flexibility index (Phi) is 5.14. The van der Waals surface area contributed by atoms with Crippen LogP contribution in [0, 0.1) is 0 Å². The number of ether oxygens (including phenoxy) is 3. The zero-order valence-corrected chi connectivity index (χ0v) is 16.9. The fourth-order valence-electron chi connectivity index (χ4n) is 2.83. The first-order valence-electron chi connectivity index (χ1n) is 8.13. The molecule has 0 aliphatic carbocycles. The predicted octanol–water partition coefficient (Wildman–Crippen LogP) is 4.97. The molecule has 4 rings (SSSR count). The van der Waals surface area contributed by atoms with E-state index >= 15 is 0 Å². The third-order valence-corrected chi connectivity index (χ3v) is 5.86. The van der Waals surface area contributed by atoms with Crippen molar-refractivity contribution in [1.29, 1.82) is 0 Å². The molecule has 1 fully saturated rings. The van der Waals surface area contributed by atoms with Gasteiger partial charge in [-0.3, -0.25) is 14.5 Å². The molecule has 0 aromatic heterocycles. The highest BCUT2D eigenvalue weighted by atomic mass is 35.5. The average Bonchev–Trinajstić information content (AvgIpc) is 3.23. The molecule has 2 heterocycles. The summed E-state index contributed by atoms with van der Waals surface area (Å²) in [7, 11) is 1.52. The Hall–Kier alpha value is -2.35. The number of hydrogen-bond donors (Lipinski definition) is 0. The number of carbonyl (C=O) groups is 2. The third-order valence-electron chi connectivity index (χ3n) is 4.21. The van der Waals surface area contributed by atoms with Crippen LogP contribution >= 0.6 is 35.0 Å². The molecular formula is C19H13Cl2NO5S. The van der Waals surface area contributed by atoms with Crippen LogP contribution in [-0.2, 0) is 11.3 Å². The molecule has 0 spiro atoms. The quantitative estimate of drug-likeness (QED) is 0.629. The zero-order valence-electron chi connectivity index (χ0n) is 14.5. The second kappa shape index (κ2) is 7.58. The Morgan fingerprint density at radius 1 is 1.14 bits per heavy atom. The van der Waals surface area contributed by atoms with E-state index in [-0.39, 0.29) is 24.5 Å². The number of nitrogens with zero attached hydrogens (tertiary/aromatic N) is 1. The first kappa shape index (κ1) is 19.0. The first-order valence-corrected chi connectivity index (χ1v) is 9.70. The fraction of sp³-hybridized carbons (Fsp3) is 0.158. The normalized spacial score (nSPS) is 17.0. The molecular weight excluding hydrogens is 425 g/mol. The van der Waals surface area contributed by atoms with Gasteiger partial charge >= 0.3 is 0 Å². The summed E-state index contributed by atoms with van der Waals surface area (Å²) in [6.07, 6.45) is 1.61. The number of benzene rings is 2. The molecule has 0 bridgehead atoms. The van der Waals surface area contributed by atoms with E-state index in [9.17, 15) is 9.59 Å². The lowest BCUT2D eigenvalue weighted by molar-refractivity contribution is -0.123. The molecule has 0 radical (unpaired) electrons. The highest BCUT2D eigenvalue weighted by Crippen LogP contribution is 2.41. The van der Waals surface area contributed by atoms with Crippen molar-refractivity contribution in [2.45, 2.75) is 6.54 Å². The monoisotopic (exact) mass is 437 g/mol. The van der Waals surface area contributed by atoms with Crippen molar-refractivity contribution >= 4 is 52.2 Å². The maximum Gasteiger partial charge on any atom is 0.293 e. The number of imide groups is 1. The van der Waals surface area contributed by atoms with Crippen LogP contribution in [0.15, 0.2) is 35.2 Å². The van der Waals surface area contributed by atoms with Crippen molar-refractivity contribution in [3.8, 4) is 17.2 Å². The molecule has 2 aromatic rings. The Morgan fingerprint density at radius 3 is 2.61 bits per heavy atom. The van der Waals surface area contributed by atoms with E-state index in [2.05, 4.69) is 0 Å². The van der Waals surface area contributed by atoms with Crippen molar-refractivity contribution in [3.63, 3.8) is 0 Å². The number of fused-ring (bicyclic) bond motifs is 1. The highest BCUT2D eigenvalue weighted by molar-refractivity contribution is 8.18.